The van der Waals surface area contributed by atoms with E-state index in [0.29, 0.717) is 6.54 Å². The van der Waals surface area contributed by atoms with E-state index in [9.17, 15) is 0 Å². The normalized spacial score (nSPS) is 14.3. The van der Waals surface area contributed by atoms with Crippen molar-refractivity contribution in [2.24, 2.45) is 10.2 Å². The average molecular weight is 358 g/mol. The van der Waals surface area contributed by atoms with Crippen LogP contribution in [-0.4, -0.2) is 9.97 Å². The molecular weight excluding hydrogens is 340 g/mol. The molecule has 2 aromatic carbocycles. The van der Waals surface area contributed by atoms with Gasteiger partial charge in [0.2, 0.25) is 0 Å². The first-order valence-electron chi connectivity index (χ1n) is 8.99. The second-order valence-electron chi connectivity index (χ2n) is 6.63. The zero-order valence-electron chi connectivity index (χ0n) is 14.4. The van der Waals surface area contributed by atoms with Crippen LogP contribution in [0.25, 0.3) is 21.0 Å². The van der Waals surface area contributed by atoms with Crippen LogP contribution in [0.4, 0.5) is 5.82 Å². The van der Waals surface area contributed by atoms with Gasteiger partial charge in [-0.1, -0.05) is 42.5 Å². The molecule has 26 heavy (non-hydrogen) atoms. The third kappa shape index (κ3) is 2.69. The number of aryl methyl sites for hydroxylation is 2. The van der Waals surface area contributed by atoms with Crippen molar-refractivity contribution >= 4 is 38.1 Å². The largest absolute Gasteiger partial charge is 0.225 e. The summed E-state index contributed by atoms with van der Waals surface area (Å²) in [4.78, 5) is 11.4. The number of fused-ring (bicyclic) bond motifs is 4. The van der Waals surface area contributed by atoms with E-state index in [2.05, 4.69) is 62.7 Å². The molecule has 0 spiro atoms. The standard InChI is InChI=1S/C21H18N4S/c1-2-9-16-14(6-1)7-5-8-15(16)12-24-25-20-19-17-10-3-4-11-18(17)26-21(19)23-13-22-20/h1-2,5-9,13H,3-4,10-12H2. The SMILES string of the molecule is c1ccc2c(CN=Nc3ncnc4sc5c(c34)CCCC5)cccc2c1. The molecule has 1 aliphatic rings. The highest BCUT2D eigenvalue weighted by Crippen LogP contribution is 2.39. The van der Waals surface area contributed by atoms with Crippen LogP contribution in [-0.2, 0) is 19.4 Å². The average Bonchev–Trinajstić information content (AvgIpc) is 3.08. The Morgan fingerprint density at radius 3 is 2.85 bits per heavy atom. The molecular formula is C21H18N4S. The van der Waals surface area contributed by atoms with Crippen molar-refractivity contribution in [2.45, 2.75) is 32.2 Å². The van der Waals surface area contributed by atoms with E-state index in [1.165, 1.54) is 39.6 Å². The summed E-state index contributed by atoms with van der Waals surface area (Å²) in [7, 11) is 0. The molecule has 128 valence electrons. The molecule has 5 rings (SSSR count). The van der Waals surface area contributed by atoms with Gasteiger partial charge in [-0.05, 0) is 47.6 Å². The molecule has 4 nitrogen and oxygen atoms in total. The maximum atomic E-state index is 4.50. The molecule has 0 atom stereocenters. The summed E-state index contributed by atoms with van der Waals surface area (Å²) in [6.45, 7) is 0.555. The van der Waals surface area contributed by atoms with Crippen molar-refractivity contribution in [1.29, 1.82) is 0 Å². The van der Waals surface area contributed by atoms with E-state index < -0.39 is 0 Å². The Kier molecular flexibility index (Phi) is 3.94. The zero-order valence-corrected chi connectivity index (χ0v) is 15.2. The van der Waals surface area contributed by atoms with Crippen LogP contribution in [0.1, 0.15) is 28.8 Å². The minimum atomic E-state index is 0.555. The lowest BCUT2D eigenvalue weighted by Crippen LogP contribution is -1.98. The van der Waals surface area contributed by atoms with Crippen molar-refractivity contribution in [3.63, 3.8) is 0 Å². The fourth-order valence-electron chi connectivity index (χ4n) is 3.76. The highest BCUT2D eigenvalue weighted by molar-refractivity contribution is 7.18. The van der Waals surface area contributed by atoms with Gasteiger partial charge in [0.1, 0.15) is 11.2 Å². The van der Waals surface area contributed by atoms with Crippen molar-refractivity contribution in [1.82, 2.24) is 9.97 Å². The van der Waals surface area contributed by atoms with Crippen LogP contribution in [0.3, 0.4) is 0 Å². The molecule has 0 radical (unpaired) electrons. The monoisotopic (exact) mass is 358 g/mol. The van der Waals surface area contributed by atoms with Gasteiger partial charge >= 0.3 is 0 Å². The summed E-state index contributed by atoms with van der Waals surface area (Å²) in [5.74, 6) is 0.717. The number of hydrogen-bond donors (Lipinski definition) is 0. The van der Waals surface area contributed by atoms with E-state index in [1.54, 1.807) is 17.7 Å². The third-order valence-electron chi connectivity index (χ3n) is 5.02. The molecule has 1 aliphatic carbocycles. The minimum Gasteiger partial charge on any atom is -0.225 e. The summed E-state index contributed by atoms with van der Waals surface area (Å²) in [5.41, 5.74) is 2.58. The molecule has 0 fully saturated rings. The summed E-state index contributed by atoms with van der Waals surface area (Å²) < 4.78 is 0. The number of rotatable bonds is 3. The number of benzene rings is 2. The van der Waals surface area contributed by atoms with Crippen LogP contribution >= 0.6 is 11.3 Å². The van der Waals surface area contributed by atoms with Gasteiger partial charge in [-0.2, -0.15) is 5.11 Å². The fraction of sp³-hybridized carbons (Fsp3) is 0.238. The number of aromatic nitrogens is 2. The Balaban J connectivity index is 1.50. The van der Waals surface area contributed by atoms with Gasteiger partial charge in [0.25, 0.3) is 0 Å². The van der Waals surface area contributed by atoms with E-state index in [4.69, 9.17) is 0 Å². The van der Waals surface area contributed by atoms with E-state index >= 15 is 0 Å². The Morgan fingerprint density at radius 1 is 0.962 bits per heavy atom. The first-order chi connectivity index (χ1) is 12.9. The molecule has 0 aliphatic heterocycles. The Hall–Kier alpha value is -2.66. The molecule has 0 N–H and O–H groups in total. The van der Waals surface area contributed by atoms with Gasteiger partial charge in [0, 0.05) is 4.88 Å². The quantitative estimate of drug-likeness (QED) is 0.421. The summed E-state index contributed by atoms with van der Waals surface area (Å²) in [6, 6.07) is 14.7. The predicted molar refractivity (Wildman–Crippen MR) is 106 cm³/mol. The number of nitrogens with zero attached hydrogens (tertiary/aromatic N) is 4. The van der Waals surface area contributed by atoms with Crippen LogP contribution in [0.2, 0.25) is 0 Å². The van der Waals surface area contributed by atoms with E-state index in [-0.39, 0.29) is 0 Å². The maximum Gasteiger partial charge on any atom is 0.186 e. The van der Waals surface area contributed by atoms with Crippen molar-refractivity contribution in [3.05, 3.63) is 64.8 Å². The molecule has 0 amide bonds. The first kappa shape index (κ1) is 15.6. The Bertz CT molecular complexity index is 1120. The predicted octanol–water partition coefficient (Wildman–Crippen LogP) is 6.01. The summed E-state index contributed by atoms with van der Waals surface area (Å²) in [5, 5.41) is 12.6. The second kappa shape index (κ2) is 6.57. The lowest BCUT2D eigenvalue weighted by atomic mass is 9.97. The van der Waals surface area contributed by atoms with Crippen LogP contribution in [0.15, 0.2) is 59.0 Å². The zero-order chi connectivity index (χ0) is 17.3. The van der Waals surface area contributed by atoms with Crippen molar-refractivity contribution in [3.8, 4) is 0 Å². The topological polar surface area (TPSA) is 50.5 Å². The first-order valence-corrected chi connectivity index (χ1v) is 9.81. The minimum absolute atomic E-state index is 0.555. The van der Waals surface area contributed by atoms with E-state index in [1.807, 2.05) is 0 Å². The molecule has 0 unspecified atom stereocenters. The molecule has 0 saturated carbocycles. The van der Waals surface area contributed by atoms with Crippen molar-refractivity contribution in [2.75, 3.05) is 0 Å². The molecule has 0 saturated heterocycles. The molecule has 2 heterocycles. The highest BCUT2D eigenvalue weighted by Gasteiger charge is 2.19. The van der Waals surface area contributed by atoms with E-state index in [0.717, 1.165) is 28.9 Å². The molecule has 2 aromatic heterocycles. The molecule has 0 bridgehead atoms. The fourth-order valence-corrected chi connectivity index (χ4v) is 4.98. The second-order valence-corrected chi connectivity index (χ2v) is 7.71. The summed E-state index contributed by atoms with van der Waals surface area (Å²) >= 11 is 1.79. The van der Waals surface area contributed by atoms with Gasteiger partial charge in [0.05, 0.1) is 11.9 Å². The lowest BCUT2D eigenvalue weighted by Gasteiger charge is -2.10. The van der Waals surface area contributed by atoms with Gasteiger partial charge < -0.3 is 0 Å². The Morgan fingerprint density at radius 2 is 1.85 bits per heavy atom. The molecule has 5 heteroatoms. The lowest BCUT2D eigenvalue weighted by molar-refractivity contribution is 0.700. The van der Waals surface area contributed by atoms with Gasteiger partial charge in [-0.25, -0.2) is 9.97 Å². The van der Waals surface area contributed by atoms with Gasteiger partial charge in [-0.3, -0.25) is 0 Å². The van der Waals surface area contributed by atoms with Gasteiger partial charge in [0.15, 0.2) is 5.82 Å². The Labute approximate surface area is 155 Å². The van der Waals surface area contributed by atoms with Gasteiger partial charge in [-0.15, -0.1) is 16.5 Å². The summed E-state index contributed by atoms with van der Waals surface area (Å²) in [6.07, 6.45) is 6.37. The smallest absolute Gasteiger partial charge is 0.186 e. The van der Waals surface area contributed by atoms with Crippen LogP contribution < -0.4 is 0 Å². The maximum absolute atomic E-state index is 4.50. The number of hydrogen-bond acceptors (Lipinski definition) is 5. The molecule has 4 aromatic rings. The highest BCUT2D eigenvalue weighted by atomic mass is 32.1. The van der Waals surface area contributed by atoms with Crippen LogP contribution in [0, 0.1) is 0 Å². The van der Waals surface area contributed by atoms with Crippen LogP contribution in [0.5, 0.6) is 0 Å². The number of thiophene rings is 1. The number of azo groups is 1. The third-order valence-corrected chi connectivity index (χ3v) is 6.22. The van der Waals surface area contributed by atoms with Crippen molar-refractivity contribution < 1.29 is 0 Å².